The van der Waals surface area contributed by atoms with Crippen LogP contribution in [0.2, 0.25) is 0 Å². The molecule has 1 aliphatic carbocycles. The van der Waals surface area contributed by atoms with E-state index >= 15 is 0 Å². The Balaban J connectivity index is 1.76. The van der Waals surface area contributed by atoms with Gasteiger partial charge < -0.3 is 10.0 Å². The number of aliphatic carboxylic acids is 1. The van der Waals surface area contributed by atoms with Crippen LogP contribution >= 0.6 is 0 Å². The zero-order valence-electron chi connectivity index (χ0n) is 14.7. The summed E-state index contributed by atoms with van der Waals surface area (Å²) in [4.78, 5) is 24.9. The second kappa shape index (κ2) is 8.00. The van der Waals surface area contributed by atoms with Crippen LogP contribution in [0.4, 0.5) is 17.6 Å². The molecule has 3 rings (SSSR count). The van der Waals surface area contributed by atoms with Gasteiger partial charge in [0.05, 0.1) is 6.42 Å². The van der Waals surface area contributed by atoms with Gasteiger partial charge in [0.2, 0.25) is 5.91 Å². The average Bonchev–Trinajstić information content (AvgIpc) is 3.43. The molecule has 1 fully saturated rings. The van der Waals surface area contributed by atoms with Gasteiger partial charge in [-0.25, -0.2) is 17.6 Å². The summed E-state index contributed by atoms with van der Waals surface area (Å²) in [6.45, 7) is -0.250. The topological polar surface area (TPSA) is 57.6 Å². The molecule has 148 valence electrons. The summed E-state index contributed by atoms with van der Waals surface area (Å²) in [6, 6.07) is 6.19. The zero-order chi connectivity index (χ0) is 20.4. The first-order valence-electron chi connectivity index (χ1n) is 8.65. The first kappa shape index (κ1) is 19.9. The predicted octanol–water partition coefficient (Wildman–Crippen LogP) is 3.85. The molecule has 0 radical (unpaired) electrons. The van der Waals surface area contributed by atoms with Gasteiger partial charge in [0.15, 0.2) is 11.6 Å². The summed E-state index contributed by atoms with van der Waals surface area (Å²) in [6.07, 6.45) is -0.0261. The summed E-state index contributed by atoms with van der Waals surface area (Å²) in [7, 11) is 0. The Morgan fingerprint density at radius 1 is 1.00 bits per heavy atom. The number of benzene rings is 2. The number of rotatable bonds is 7. The van der Waals surface area contributed by atoms with Crippen LogP contribution < -0.4 is 0 Å². The number of nitrogens with zero attached hydrogens (tertiary/aromatic N) is 1. The van der Waals surface area contributed by atoms with E-state index in [4.69, 9.17) is 5.11 Å². The number of carbonyl (C=O) groups excluding carboxylic acids is 1. The van der Waals surface area contributed by atoms with Gasteiger partial charge in [-0.05, 0) is 53.8 Å². The van der Waals surface area contributed by atoms with E-state index in [1.54, 1.807) is 0 Å². The monoisotopic (exact) mass is 395 g/mol. The molecule has 2 unspecified atom stereocenters. The fraction of sp³-hybridized carbons (Fsp3) is 0.300. The maximum atomic E-state index is 13.9. The Morgan fingerprint density at radius 2 is 1.71 bits per heavy atom. The van der Waals surface area contributed by atoms with Crippen molar-refractivity contribution in [3.8, 4) is 0 Å². The number of hydrogen-bond donors (Lipinski definition) is 1. The van der Waals surface area contributed by atoms with E-state index in [0.29, 0.717) is 12.0 Å². The molecule has 1 amide bonds. The number of carboxylic acid groups (broad SMARTS) is 1. The van der Waals surface area contributed by atoms with E-state index in [1.807, 2.05) is 0 Å². The third-order valence-corrected chi connectivity index (χ3v) is 4.73. The average molecular weight is 395 g/mol. The Labute approximate surface area is 158 Å². The van der Waals surface area contributed by atoms with Gasteiger partial charge >= 0.3 is 5.97 Å². The van der Waals surface area contributed by atoms with Gasteiger partial charge in [-0.2, -0.15) is 0 Å². The summed E-state index contributed by atoms with van der Waals surface area (Å²) < 4.78 is 53.9. The number of carbonyl (C=O) groups is 2. The maximum absolute atomic E-state index is 13.9. The molecule has 0 bridgehead atoms. The van der Waals surface area contributed by atoms with Crippen LogP contribution in [0.15, 0.2) is 36.4 Å². The highest BCUT2D eigenvalue weighted by atomic mass is 19.2. The molecule has 0 spiro atoms. The lowest BCUT2D eigenvalue weighted by atomic mass is 10.1. The SMILES string of the molecule is O=C(O)CCN(Cc1ccc(F)c(F)c1)C(=O)C1CC1c1cc(F)ccc1F. The van der Waals surface area contributed by atoms with Crippen LogP contribution in [-0.4, -0.2) is 28.4 Å². The van der Waals surface area contributed by atoms with E-state index in [9.17, 15) is 27.2 Å². The van der Waals surface area contributed by atoms with Crippen molar-refractivity contribution >= 4 is 11.9 Å². The predicted molar refractivity (Wildman–Crippen MR) is 91.2 cm³/mol. The largest absolute Gasteiger partial charge is 0.481 e. The molecule has 2 atom stereocenters. The van der Waals surface area contributed by atoms with E-state index in [1.165, 1.54) is 11.0 Å². The number of amides is 1. The third kappa shape index (κ3) is 4.49. The second-order valence-electron chi connectivity index (χ2n) is 6.77. The number of hydrogen-bond acceptors (Lipinski definition) is 2. The summed E-state index contributed by atoms with van der Waals surface area (Å²) in [5.74, 6) is -5.99. The normalized spacial score (nSPS) is 18.0. The van der Waals surface area contributed by atoms with E-state index < -0.39 is 47.0 Å². The van der Waals surface area contributed by atoms with Crippen LogP contribution in [0.1, 0.15) is 29.9 Å². The highest BCUT2D eigenvalue weighted by Crippen LogP contribution is 2.49. The van der Waals surface area contributed by atoms with Crippen molar-refractivity contribution in [3.05, 3.63) is 70.8 Å². The molecule has 1 aliphatic rings. The molecule has 2 aromatic rings. The lowest BCUT2D eigenvalue weighted by Crippen LogP contribution is -2.34. The molecule has 0 saturated heterocycles. The van der Waals surface area contributed by atoms with Crippen molar-refractivity contribution in [1.82, 2.24) is 4.90 Å². The summed E-state index contributed by atoms with van der Waals surface area (Å²) in [5, 5.41) is 8.90. The van der Waals surface area contributed by atoms with E-state index in [0.717, 1.165) is 30.3 Å². The Kier molecular flexibility index (Phi) is 5.67. The van der Waals surface area contributed by atoms with Gasteiger partial charge in [-0.3, -0.25) is 9.59 Å². The van der Waals surface area contributed by atoms with Gasteiger partial charge in [-0.1, -0.05) is 6.07 Å². The van der Waals surface area contributed by atoms with Gasteiger partial charge in [0, 0.05) is 19.0 Å². The molecule has 0 aromatic heterocycles. The minimum Gasteiger partial charge on any atom is -0.481 e. The standard InChI is InChI=1S/C20H17F4NO3/c21-12-2-4-16(22)14(8-12)13-9-15(13)20(28)25(6-5-19(26)27)10-11-1-3-17(23)18(24)7-11/h1-4,7-8,13,15H,5-6,9-10H2,(H,26,27). The van der Waals surface area contributed by atoms with Gasteiger partial charge in [-0.15, -0.1) is 0 Å². The smallest absolute Gasteiger partial charge is 0.305 e. The lowest BCUT2D eigenvalue weighted by molar-refractivity contribution is -0.139. The van der Waals surface area contributed by atoms with Crippen molar-refractivity contribution < 1.29 is 32.3 Å². The highest BCUT2D eigenvalue weighted by Gasteiger charge is 2.47. The highest BCUT2D eigenvalue weighted by molar-refractivity contribution is 5.83. The van der Waals surface area contributed by atoms with Crippen LogP contribution in [0.25, 0.3) is 0 Å². The number of halogens is 4. The second-order valence-corrected chi connectivity index (χ2v) is 6.77. The first-order valence-corrected chi connectivity index (χ1v) is 8.65. The van der Waals surface area contributed by atoms with Crippen molar-refractivity contribution in [1.29, 1.82) is 0 Å². The lowest BCUT2D eigenvalue weighted by Gasteiger charge is -2.22. The maximum Gasteiger partial charge on any atom is 0.305 e. The molecule has 8 heteroatoms. The van der Waals surface area contributed by atoms with Crippen molar-refractivity contribution in [3.63, 3.8) is 0 Å². The Morgan fingerprint density at radius 3 is 2.39 bits per heavy atom. The molecule has 1 saturated carbocycles. The zero-order valence-corrected chi connectivity index (χ0v) is 14.7. The fourth-order valence-corrected chi connectivity index (χ4v) is 3.20. The Bertz CT molecular complexity index is 918. The van der Waals surface area contributed by atoms with Crippen molar-refractivity contribution in [2.24, 2.45) is 5.92 Å². The minimum absolute atomic E-state index is 0.101. The van der Waals surface area contributed by atoms with Crippen LogP contribution in [0.5, 0.6) is 0 Å². The molecule has 1 N–H and O–H groups in total. The molecule has 4 nitrogen and oxygen atoms in total. The van der Waals surface area contributed by atoms with Crippen LogP contribution in [0, 0.1) is 29.2 Å². The van der Waals surface area contributed by atoms with Crippen LogP contribution in [0.3, 0.4) is 0 Å². The van der Waals surface area contributed by atoms with Crippen molar-refractivity contribution in [2.75, 3.05) is 6.54 Å². The minimum atomic E-state index is -1.12. The first-order chi connectivity index (χ1) is 13.3. The molecule has 0 heterocycles. The van der Waals surface area contributed by atoms with Gasteiger partial charge in [0.1, 0.15) is 11.6 Å². The van der Waals surface area contributed by atoms with Gasteiger partial charge in [0.25, 0.3) is 0 Å². The molecule has 0 aliphatic heterocycles. The summed E-state index contributed by atoms with van der Waals surface area (Å²) in [5.41, 5.74) is 0.399. The quantitative estimate of drug-likeness (QED) is 0.725. The van der Waals surface area contributed by atoms with Crippen molar-refractivity contribution in [2.45, 2.75) is 25.3 Å². The molecular formula is C20H17F4NO3. The van der Waals surface area contributed by atoms with E-state index in [-0.39, 0.29) is 25.1 Å². The Hall–Kier alpha value is -2.90. The third-order valence-electron chi connectivity index (χ3n) is 4.73. The molecular weight excluding hydrogens is 378 g/mol. The van der Waals surface area contributed by atoms with Crippen LogP contribution in [-0.2, 0) is 16.1 Å². The van der Waals surface area contributed by atoms with E-state index in [2.05, 4.69) is 0 Å². The fourth-order valence-electron chi connectivity index (χ4n) is 3.20. The number of carboxylic acids is 1. The molecule has 28 heavy (non-hydrogen) atoms. The molecule has 2 aromatic carbocycles. The summed E-state index contributed by atoms with van der Waals surface area (Å²) >= 11 is 0.